The highest BCUT2D eigenvalue weighted by Gasteiger charge is 2.35. The van der Waals surface area contributed by atoms with E-state index in [-0.39, 0.29) is 11.3 Å². The largest absolute Gasteiger partial charge is 0.573 e. The maximum atomic E-state index is 12.7. The molecule has 1 aromatic heterocycles. The molecule has 0 aliphatic carbocycles. The first-order valence-corrected chi connectivity index (χ1v) is 6.04. The molecule has 0 radical (unpaired) electrons. The molecule has 0 unspecified atom stereocenters. The minimum atomic E-state index is -4.84. The molecule has 22 heavy (non-hydrogen) atoms. The molecule has 0 N–H and O–H groups in total. The molecule has 0 bridgehead atoms. The summed E-state index contributed by atoms with van der Waals surface area (Å²) in [6.07, 6.45) is -9.57. The van der Waals surface area contributed by atoms with Crippen molar-refractivity contribution >= 4 is 11.6 Å². The minimum absolute atomic E-state index is 0.0738. The third kappa shape index (κ3) is 4.03. The zero-order valence-electron chi connectivity index (χ0n) is 10.5. The van der Waals surface area contributed by atoms with E-state index in [0.29, 0.717) is 0 Å². The number of rotatable bonds is 2. The summed E-state index contributed by atoms with van der Waals surface area (Å²) < 4.78 is 77.8. The van der Waals surface area contributed by atoms with Gasteiger partial charge < -0.3 is 4.74 Å². The topological polar surface area (TPSA) is 22.1 Å². The number of nitrogens with zero attached hydrogens (tertiary/aromatic N) is 1. The Bertz CT molecular complexity index is 666. The van der Waals surface area contributed by atoms with E-state index >= 15 is 0 Å². The maximum absolute atomic E-state index is 12.7. The highest BCUT2D eigenvalue weighted by atomic mass is 35.5. The molecule has 0 amide bonds. The number of ether oxygens (including phenoxy) is 1. The molecular formula is C13H6ClF6NO. The van der Waals surface area contributed by atoms with Crippen LogP contribution in [0.25, 0.3) is 11.3 Å². The average molecular weight is 342 g/mol. The predicted octanol–water partition coefficient (Wildman–Crippen LogP) is 5.32. The lowest BCUT2D eigenvalue weighted by Crippen LogP contribution is -2.16. The number of benzene rings is 1. The van der Waals surface area contributed by atoms with Crippen LogP contribution in [0.1, 0.15) is 5.69 Å². The monoisotopic (exact) mass is 341 g/mol. The van der Waals surface area contributed by atoms with Crippen LogP contribution in [0.2, 0.25) is 5.02 Å². The smallest absolute Gasteiger partial charge is 0.406 e. The Labute approximate surface area is 125 Å². The Morgan fingerprint density at radius 2 is 1.45 bits per heavy atom. The molecule has 0 aliphatic rings. The van der Waals surface area contributed by atoms with Crippen molar-refractivity contribution < 1.29 is 31.1 Å². The highest BCUT2D eigenvalue weighted by Crippen LogP contribution is 2.35. The summed E-state index contributed by atoms with van der Waals surface area (Å²) in [5, 5.41) is -0.562. The third-order valence-corrected chi connectivity index (χ3v) is 2.80. The van der Waals surface area contributed by atoms with Crippen LogP contribution >= 0.6 is 11.6 Å². The second-order valence-corrected chi connectivity index (χ2v) is 4.50. The van der Waals surface area contributed by atoms with Gasteiger partial charge in [-0.25, -0.2) is 4.98 Å². The van der Waals surface area contributed by atoms with E-state index in [1.165, 1.54) is 6.07 Å². The zero-order valence-corrected chi connectivity index (χ0v) is 11.2. The molecule has 0 aliphatic heterocycles. The van der Waals surface area contributed by atoms with E-state index in [4.69, 9.17) is 11.6 Å². The summed E-state index contributed by atoms with van der Waals surface area (Å²) in [4.78, 5) is 3.40. The number of alkyl halides is 6. The van der Waals surface area contributed by atoms with Crippen molar-refractivity contribution in [1.82, 2.24) is 4.98 Å². The highest BCUT2D eigenvalue weighted by molar-refractivity contribution is 6.31. The van der Waals surface area contributed by atoms with Crippen LogP contribution in [0, 0.1) is 0 Å². The van der Waals surface area contributed by atoms with E-state index < -0.39 is 29.0 Å². The van der Waals surface area contributed by atoms with E-state index in [9.17, 15) is 26.3 Å². The summed E-state index contributed by atoms with van der Waals surface area (Å²) in [5.74, 6) is -0.485. The van der Waals surface area contributed by atoms with Gasteiger partial charge in [-0.3, -0.25) is 0 Å². The van der Waals surface area contributed by atoms with Crippen molar-refractivity contribution in [2.75, 3.05) is 0 Å². The van der Waals surface area contributed by atoms with E-state index in [1.807, 2.05) is 0 Å². The van der Waals surface area contributed by atoms with E-state index in [0.717, 1.165) is 30.3 Å². The normalized spacial score (nSPS) is 12.3. The summed E-state index contributed by atoms with van der Waals surface area (Å²) in [7, 11) is 0. The van der Waals surface area contributed by atoms with Gasteiger partial charge in [-0.05, 0) is 36.4 Å². The Kier molecular flexibility index (Phi) is 4.23. The van der Waals surface area contributed by atoms with Crippen LogP contribution < -0.4 is 4.74 Å². The lowest BCUT2D eigenvalue weighted by molar-refractivity contribution is -0.274. The second-order valence-electron chi connectivity index (χ2n) is 4.10. The van der Waals surface area contributed by atoms with Gasteiger partial charge >= 0.3 is 12.5 Å². The molecule has 9 heteroatoms. The van der Waals surface area contributed by atoms with Gasteiger partial charge in [0.2, 0.25) is 0 Å². The Morgan fingerprint density at radius 1 is 0.864 bits per heavy atom. The molecule has 1 aromatic carbocycles. The number of hydrogen-bond donors (Lipinski definition) is 0. The molecule has 0 fully saturated rings. The Balaban J connectivity index is 2.33. The van der Waals surface area contributed by atoms with Gasteiger partial charge in [0.25, 0.3) is 0 Å². The van der Waals surface area contributed by atoms with Gasteiger partial charge in [-0.2, -0.15) is 13.2 Å². The van der Waals surface area contributed by atoms with Crippen LogP contribution in [0.5, 0.6) is 5.75 Å². The lowest BCUT2D eigenvalue weighted by Gasteiger charge is -2.11. The van der Waals surface area contributed by atoms with Crippen molar-refractivity contribution in [3.63, 3.8) is 0 Å². The molecular weight excluding hydrogens is 336 g/mol. The number of halogens is 7. The molecule has 0 spiro atoms. The van der Waals surface area contributed by atoms with Crippen molar-refractivity contribution in [1.29, 1.82) is 0 Å². The average Bonchev–Trinajstić information content (AvgIpc) is 2.37. The van der Waals surface area contributed by atoms with Crippen LogP contribution in [-0.2, 0) is 6.18 Å². The summed E-state index contributed by atoms with van der Waals surface area (Å²) in [6.45, 7) is 0. The van der Waals surface area contributed by atoms with Gasteiger partial charge in [-0.1, -0.05) is 11.6 Å². The van der Waals surface area contributed by atoms with Crippen LogP contribution in [0.3, 0.4) is 0 Å². The summed E-state index contributed by atoms with van der Waals surface area (Å²) in [5.41, 5.74) is -1.14. The van der Waals surface area contributed by atoms with Gasteiger partial charge in [0.15, 0.2) is 5.69 Å². The first-order chi connectivity index (χ1) is 10.1. The summed E-state index contributed by atoms with van der Waals surface area (Å²) >= 11 is 5.44. The number of aromatic nitrogens is 1. The lowest BCUT2D eigenvalue weighted by atomic mass is 10.1. The van der Waals surface area contributed by atoms with Gasteiger partial charge in [0, 0.05) is 5.56 Å². The molecule has 2 aromatic rings. The fraction of sp³-hybridized carbons (Fsp3) is 0.154. The van der Waals surface area contributed by atoms with Crippen molar-refractivity contribution in [3.8, 4) is 17.0 Å². The summed E-state index contributed by atoms with van der Waals surface area (Å²) in [6, 6.07) is 6.54. The van der Waals surface area contributed by atoms with Crippen LogP contribution in [-0.4, -0.2) is 11.3 Å². The fourth-order valence-corrected chi connectivity index (χ4v) is 1.84. The number of pyridine rings is 1. The molecule has 0 saturated heterocycles. The SMILES string of the molecule is FC(F)(F)Oc1ccc(-c2ccc(Cl)c(C(F)(F)F)n2)cc1. The fourth-order valence-electron chi connectivity index (χ4n) is 1.63. The quantitative estimate of drug-likeness (QED) is 0.690. The minimum Gasteiger partial charge on any atom is -0.406 e. The zero-order chi connectivity index (χ0) is 16.5. The molecule has 118 valence electrons. The molecule has 0 saturated carbocycles. The maximum Gasteiger partial charge on any atom is 0.573 e. The van der Waals surface area contributed by atoms with Crippen molar-refractivity contribution in [2.45, 2.75) is 12.5 Å². The first-order valence-electron chi connectivity index (χ1n) is 5.66. The standard InChI is InChI=1S/C13H6ClF6NO/c14-9-5-6-10(21-11(9)12(15,16)17)7-1-3-8(4-2-7)22-13(18,19)20/h1-6H. The Hall–Kier alpha value is -1.96. The van der Waals surface area contributed by atoms with Crippen LogP contribution in [0.4, 0.5) is 26.3 Å². The van der Waals surface area contributed by atoms with E-state index in [2.05, 4.69) is 9.72 Å². The molecule has 2 nitrogen and oxygen atoms in total. The molecule has 1 heterocycles. The van der Waals surface area contributed by atoms with Crippen LogP contribution in [0.15, 0.2) is 36.4 Å². The van der Waals surface area contributed by atoms with Crippen molar-refractivity contribution in [3.05, 3.63) is 47.1 Å². The molecule has 0 atom stereocenters. The van der Waals surface area contributed by atoms with Gasteiger partial charge in [0.1, 0.15) is 5.75 Å². The van der Waals surface area contributed by atoms with E-state index in [1.54, 1.807) is 0 Å². The van der Waals surface area contributed by atoms with Gasteiger partial charge in [0.05, 0.1) is 10.7 Å². The molecule has 2 rings (SSSR count). The Morgan fingerprint density at radius 3 is 1.95 bits per heavy atom. The predicted molar refractivity (Wildman–Crippen MR) is 66.4 cm³/mol. The third-order valence-electron chi connectivity index (χ3n) is 2.50. The van der Waals surface area contributed by atoms with Crippen molar-refractivity contribution in [2.24, 2.45) is 0 Å². The number of hydrogen-bond acceptors (Lipinski definition) is 2. The van der Waals surface area contributed by atoms with Gasteiger partial charge in [-0.15, -0.1) is 13.2 Å². The second kappa shape index (κ2) is 5.68. The first kappa shape index (κ1) is 16.4.